The second-order valence-corrected chi connectivity index (χ2v) is 6.77. The third-order valence-corrected chi connectivity index (χ3v) is 4.64. The average molecular weight is 438 g/mol. The zero-order chi connectivity index (χ0) is 20.1. The number of hydrogen-bond acceptors (Lipinski definition) is 9. The van der Waals surface area contributed by atoms with E-state index in [0.29, 0.717) is 0 Å². The Hall–Kier alpha value is -2.44. The third-order valence-electron chi connectivity index (χ3n) is 3.23. The Labute approximate surface area is 166 Å². The molecule has 0 saturated carbocycles. The number of nitrogens with zero attached hydrogens (tertiary/aromatic N) is 2. The normalized spacial score (nSPS) is 18.8. The van der Waals surface area contributed by atoms with Crippen LogP contribution in [0, 0.1) is 0 Å². The summed E-state index contributed by atoms with van der Waals surface area (Å²) in [7, 11) is 2.34. The Kier molecular flexibility index (Phi) is 6.93. The van der Waals surface area contributed by atoms with Crippen molar-refractivity contribution in [2.24, 2.45) is 5.16 Å². The van der Waals surface area contributed by atoms with E-state index in [-0.39, 0.29) is 26.8 Å². The number of aromatic nitrogens is 1. The molecule has 27 heavy (non-hydrogen) atoms. The highest BCUT2D eigenvalue weighted by molar-refractivity contribution is 7.20. The number of oxime groups is 1. The lowest BCUT2D eigenvalue weighted by atomic mass is 9.99. The summed E-state index contributed by atoms with van der Waals surface area (Å²) >= 11 is 12.3. The molecule has 1 aromatic heterocycles. The van der Waals surface area contributed by atoms with E-state index >= 15 is 0 Å². The van der Waals surface area contributed by atoms with Gasteiger partial charge in [0.15, 0.2) is 16.9 Å². The van der Waals surface area contributed by atoms with Crippen LogP contribution in [0.25, 0.3) is 0 Å². The maximum absolute atomic E-state index is 12.5. The fourth-order valence-electron chi connectivity index (χ4n) is 2.00. The van der Waals surface area contributed by atoms with E-state index in [4.69, 9.17) is 23.2 Å². The number of esters is 1. The SMILES string of the molecule is CON=C(C(=O)NC1C(=O)NC1C(=O)OC)c1nc(NC(=O)CCl)sc1Cl. The number of anilines is 1. The summed E-state index contributed by atoms with van der Waals surface area (Å²) < 4.78 is 4.57. The molecule has 3 amide bonds. The first-order valence-corrected chi connectivity index (χ1v) is 8.88. The van der Waals surface area contributed by atoms with Gasteiger partial charge in [0.2, 0.25) is 11.8 Å². The van der Waals surface area contributed by atoms with Gasteiger partial charge in [-0.15, -0.1) is 11.6 Å². The van der Waals surface area contributed by atoms with E-state index in [1.165, 1.54) is 7.11 Å². The molecule has 1 fully saturated rings. The largest absolute Gasteiger partial charge is 0.467 e. The van der Waals surface area contributed by atoms with Gasteiger partial charge in [-0.2, -0.15) is 0 Å². The topological polar surface area (TPSA) is 148 Å². The molecule has 11 nitrogen and oxygen atoms in total. The van der Waals surface area contributed by atoms with E-state index < -0.39 is 35.8 Å². The van der Waals surface area contributed by atoms with E-state index in [9.17, 15) is 19.2 Å². The number of ether oxygens (including phenoxy) is 1. The quantitative estimate of drug-likeness (QED) is 0.171. The number of alkyl halides is 1. The Balaban J connectivity index is 2.21. The molecule has 2 unspecified atom stereocenters. The molecule has 0 aromatic carbocycles. The van der Waals surface area contributed by atoms with Crippen LogP contribution in [0.15, 0.2) is 5.16 Å². The molecule has 146 valence electrons. The molecule has 1 aliphatic heterocycles. The zero-order valence-electron chi connectivity index (χ0n) is 13.9. The van der Waals surface area contributed by atoms with Crippen LogP contribution in [0.1, 0.15) is 5.69 Å². The lowest BCUT2D eigenvalue weighted by Gasteiger charge is -2.34. The molecule has 0 bridgehead atoms. The highest BCUT2D eigenvalue weighted by Gasteiger charge is 2.46. The lowest BCUT2D eigenvalue weighted by molar-refractivity contribution is -0.153. The molecule has 2 heterocycles. The molecule has 14 heteroatoms. The smallest absolute Gasteiger partial charge is 0.331 e. The molecule has 3 N–H and O–H groups in total. The van der Waals surface area contributed by atoms with Crippen LogP contribution >= 0.6 is 34.5 Å². The molecule has 0 radical (unpaired) electrons. The van der Waals surface area contributed by atoms with E-state index in [0.717, 1.165) is 18.4 Å². The summed E-state index contributed by atoms with van der Waals surface area (Å²) in [6, 6.07) is -2.18. The lowest BCUT2D eigenvalue weighted by Crippen LogP contribution is -2.72. The van der Waals surface area contributed by atoms with Gasteiger partial charge in [0, 0.05) is 0 Å². The van der Waals surface area contributed by atoms with Gasteiger partial charge in [-0.25, -0.2) is 9.78 Å². The zero-order valence-corrected chi connectivity index (χ0v) is 16.2. The second kappa shape index (κ2) is 8.97. The molecule has 0 aliphatic carbocycles. The van der Waals surface area contributed by atoms with Crippen LogP contribution < -0.4 is 16.0 Å². The van der Waals surface area contributed by atoms with Crippen LogP contribution in [0.2, 0.25) is 4.34 Å². The maximum Gasteiger partial charge on any atom is 0.331 e. The fraction of sp³-hybridized carbons (Fsp3) is 0.385. The van der Waals surface area contributed by atoms with Crippen molar-refractivity contribution >= 4 is 69.1 Å². The summed E-state index contributed by atoms with van der Waals surface area (Å²) in [6.45, 7) is 0. The average Bonchev–Trinajstić information content (AvgIpc) is 3.00. The van der Waals surface area contributed by atoms with Crippen molar-refractivity contribution in [1.29, 1.82) is 0 Å². The highest BCUT2D eigenvalue weighted by Crippen LogP contribution is 2.29. The first-order valence-electron chi connectivity index (χ1n) is 7.15. The van der Waals surface area contributed by atoms with Gasteiger partial charge in [0.1, 0.15) is 29.1 Å². The number of methoxy groups -OCH3 is 1. The minimum atomic E-state index is -1.15. The Bertz CT molecular complexity index is 813. The van der Waals surface area contributed by atoms with Crippen molar-refractivity contribution in [3.8, 4) is 0 Å². The van der Waals surface area contributed by atoms with E-state index in [1.54, 1.807) is 0 Å². The number of β-lactam (4-membered cyclic amide) rings is 1. The molecular formula is C13H13Cl2N5O6S. The predicted molar refractivity (Wildman–Crippen MR) is 95.9 cm³/mol. The number of nitrogens with one attached hydrogen (secondary N) is 3. The molecule has 0 spiro atoms. The third kappa shape index (κ3) is 4.64. The molecule has 2 rings (SSSR count). The van der Waals surface area contributed by atoms with Crippen molar-refractivity contribution in [2.75, 3.05) is 25.4 Å². The minimum absolute atomic E-state index is 0.0356. The second-order valence-electron chi connectivity index (χ2n) is 4.91. The van der Waals surface area contributed by atoms with Gasteiger partial charge in [-0.05, 0) is 0 Å². The fourth-order valence-corrected chi connectivity index (χ4v) is 3.13. The Morgan fingerprint density at radius 1 is 1.37 bits per heavy atom. The summed E-state index contributed by atoms with van der Waals surface area (Å²) in [5.41, 5.74) is -0.436. The number of carbonyl (C=O) groups excluding carboxylic acids is 4. The summed E-state index contributed by atoms with van der Waals surface area (Å²) in [5, 5.41) is 10.7. The molecule has 1 aromatic rings. The van der Waals surface area contributed by atoms with E-state index in [2.05, 4.69) is 35.7 Å². The maximum atomic E-state index is 12.5. The number of carbonyl (C=O) groups is 4. The molecule has 1 saturated heterocycles. The number of halogens is 2. The van der Waals surface area contributed by atoms with Gasteiger partial charge in [-0.3, -0.25) is 14.4 Å². The predicted octanol–water partition coefficient (Wildman–Crippen LogP) is -0.519. The number of hydrogen-bond donors (Lipinski definition) is 3. The van der Waals surface area contributed by atoms with Gasteiger partial charge in [0.25, 0.3) is 5.91 Å². The highest BCUT2D eigenvalue weighted by atomic mass is 35.5. The van der Waals surface area contributed by atoms with Gasteiger partial charge >= 0.3 is 5.97 Å². The van der Waals surface area contributed by atoms with Crippen LogP contribution in [-0.2, 0) is 28.8 Å². The number of thiazole rings is 1. The van der Waals surface area contributed by atoms with Crippen molar-refractivity contribution < 1.29 is 28.8 Å². The van der Waals surface area contributed by atoms with Crippen LogP contribution in [0.5, 0.6) is 0 Å². The number of amides is 3. The Morgan fingerprint density at radius 2 is 2.07 bits per heavy atom. The van der Waals surface area contributed by atoms with Gasteiger partial charge in [0.05, 0.1) is 7.11 Å². The number of rotatable bonds is 7. The van der Waals surface area contributed by atoms with Gasteiger partial charge < -0.3 is 25.5 Å². The molecule has 1 aliphatic rings. The standard InChI is InChI=1S/C13H13Cl2N5O6S/c1-25-12(24)8-6(10(22)18-8)17-11(23)7(20-26-2)5-9(15)27-13(19-5)16-4(21)3-14/h6,8H,3H2,1-2H3,(H,17,23)(H,18,22)(H,16,19,21). The first-order chi connectivity index (χ1) is 12.8. The monoisotopic (exact) mass is 437 g/mol. The first kappa shape index (κ1) is 20.9. The van der Waals surface area contributed by atoms with E-state index in [1.807, 2.05) is 0 Å². The molecular weight excluding hydrogens is 425 g/mol. The minimum Gasteiger partial charge on any atom is -0.467 e. The van der Waals surface area contributed by atoms with Crippen LogP contribution in [0.4, 0.5) is 5.13 Å². The van der Waals surface area contributed by atoms with Gasteiger partial charge in [-0.1, -0.05) is 28.1 Å². The summed E-state index contributed by atoms with van der Waals surface area (Å²) in [6.07, 6.45) is 0. The summed E-state index contributed by atoms with van der Waals surface area (Å²) in [5.74, 6) is -2.97. The van der Waals surface area contributed by atoms with Crippen LogP contribution in [0.3, 0.4) is 0 Å². The summed E-state index contributed by atoms with van der Waals surface area (Å²) in [4.78, 5) is 55.7. The van der Waals surface area contributed by atoms with Crippen LogP contribution in [-0.4, -0.2) is 66.6 Å². The van der Waals surface area contributed by atoms with Crippen molar-refractivity contribution in [1.82, 2.24) is 15.6 Å². The Morgan fingerprint density at radius 3 is 2.63 bits per heavy atom. The molecule has 2 atom stereocenters. The van der Waals surface area contributed by atoms with Crippen molar-refractivity contribution in [2.45, 2.75) is 12.1 Å². The van der Waals surface area contributed by atoms with Crippen molar-refractivity contribution in [3.63, 3.8) is 0 Å². The van der Waals surface area contributed by atoms with Crippen molar-refractivity contribution in [3.05, 3.63) is 10.0 Å².